The number of carbonyl (C=O) groups is 1. The minimum Gasteiger partial charge on any atom is -0.493 e. The zero-order valence-corrected chi connectivity index (χ0v) is 17.6. The number of rotatable bonds is 8. The topological polar surface area (TPSA) is 54.0 Å². The maximum Gasteiger partial charge on any atom is 0.223 e. The fourth-order valence-electron chi connectivity index (χ4n) is 3.62. The molecule has 0 aromatic heterocycles. The second-order valence-corrected chi connectivity index (χ2v) is 7.32. The van der Waals surface area contributed by atoms with Crippen LogP contribution in [0.3, 0.4) is 0 Å². The molecular weight excluding hydrogens is 366 g/mol. The molecule has 1 fully saturated rings. The number of ether oxygens (including phenoxy) is 2. The third-order valence-corrected chi connectivity index (χ3v) is 5.29. The Kier molecular flexibility index (Phi) is 7.36. The number of hydrogen-bond donors (Lipinski definition) is 1. The van der Waals surface area contributed by atoms with Crippen LogP contribution in [-0.2, 0) is 11.3 Å². The van der Waals surface area contributed by atoms with Crippen molar-refractivity contribution in [2.75, 3.05) is 51.8 Å². The summed E-state index contributed by atoms with van der Waals surface area (Å²) in [5, 5.41) is 3.35. The summed E-state index contributed by atoms with van der Waals surface area (Å²) < 4.78 is 10.6. The van der Waals surface area contributed by atoms with E-state index in [4.69, 9.17) is 9.47 Å². The van der Waals surface area contributed by atoms with Crippen molar-refractivity contribution in [3.63, 3.8) is 0 Å². The predicted octanol–water partition coefficient (Wildman–Crippen LogP) is 2.84. The van der Waals surface area contributed by atoms with Gasteiger partial charge in [-0.25, -0.2) is 0 Å². The van der Waals surface area contributed by atoms with Gasteiger partial charge in [-0.15, -0.1) is 0 Å². The van der Waals surface area contributed by atoms with Crippen LogP contribution in [0, 0.1) is 6.92 Å². The van der Waals surface area contributed by atoms with Crippen LogP contribution in [0.2, 0.25) is 0 Å². The molecule has 6 heteroatoms. The summed E-state index contributed by atoms with van der Waals surface area (Å²) in [4.78, 5) is 16.9. The lowest BCUT2D eigenvalue weighted by Crippen LogP contribution is -2.49. The molecule has 1 aliphatic rings. The normalized spacial score (nSPS) is 14.0. The van der Waals surface area contributed by atoms with Crippen LogP contribution in [-0.4, -0.2) is 57.8 Å². The predicted molar refractivity (Wildman–Crippen MR) is 116 cm³/mol. The minimum absolute atomic E-state index is 0.216. The minimum atomic E-state index is 0.216. The third-order valence-electron chi connectivity index (χ3n) is 5.29. The highest BCUT2D eigenvalue weighted by Crippen LogP contribution is 2.27. The largest absolute Gasteiger partial charge is 0.493 e. The standard InChI is InChI=1S/C23H31N3O3/c1-18-5-4-6-20(15-18)25-11-13-26(14-12-25)23(27)9-10-24-17-19-7-8-21(28-2)22(16-19)29-3/h4-8,15-16,24H,9-14,17H2,1-3H3. The van der Waals surface area contributed by atoms with Crippen LogP contribution >= 0.6 is 0 Å². The quantitative estimate of drug-likeness (QED) is 0.694. The lowest BCUT2D eigenvalue weighted by molar-refractivity contribution is -0.131. The first-order valence-electron chi connectivity index (χ1n) is 10.1. The van der Waals surface area contributed by atoms with E-state index in [9.17, 15) is 4.79 Å². The van der Waals surface area contributed by atoms with Crippen molar-refractivity contribution in [3.8, 4) is 11.5 Å². The molecule has 0 unspecified atom stereocenters. The Morgan fingerprint density at radius 1 is 1.00 bits per heavy atom. The summed E-state index contributed by atoms with van der Waals surface area (Å²) in [5.41, 5.74) is 3.61. The van der Waals surface area contributed by atoms with Gasteiger partial charge in [0, 0.05) is 51.4 Å². The highest BCUT2D eigenvalue weighted by molar-refractivity contribution is 5.76. The number of methoxy groups -OCH3 is 2. The zero-order chi connectivity index (χ0) is 20.6. The number of nitrogens with zero attached hydrogens (tertiary/aromatic N) is 2. The van der Waals surface area contributed by atoms with Gasteiger partial charge in [-0.05, 0) is 42.3 Å². The van der Waals surface area contributed by atoms with Crippen molar-refractivity contribution >= 4 is 11.6 Å². The highest BCUT2D eigenvalue weighted by Gasteiger charge is 2.20. The Morgan fingerprint density at radius 3 is 2.45 bits per heavy atom. The third kappa shape index (κ3) is 5.64. The average Bonchev–Trinajstić information content (AvgIpc) is 2.76. The zero-order valence-electron chi connectivity index (χ0n) is 17.6. The molecule has 29 heavy (non-hydrogen) atoms. The molecule has 1 heterocycles. The lowest BCUT2D eigenvalue weighted by Gasteiger charge is -2.36. The van der Waals surface area contributed by atoms with E-state index in [1.54, 1.807) is 14.2 Å². The van der Waals surface area contributed by atoms with Crippen LogP contribution in [0.4, 0.5) is 5.69 Å². The molecule has 1 amide bonds. The van der Waals surface area contributed by atoms with E-state index >= 15 is 0 Å². The van der Waals surface area contributed by atoms with Gasteiger partial charge in [-0.3, -0.25) is 4.79 Å². The Labute approximate surface area is 173 Å². The molecule has 0 bridgehead atoms. The molecule has 0 saturated carbocycles. The Morgan fingerprint density at radius 2 is 1.76 bits per heavy atom. The number of aryl methyl sites for hydroxylation is 1. The summed E-state index contributed by atoms with van der Waals surface area (Å²) >= 11 is 0. The number of anilines is 1. The second kappa shape index (κ2) is 10.2. The van der Waals surface area contributed by atoms with Gasteiger partial charge in [-0.2, -0.15) is 0 Å². The first-order valence-corrected chi connectivity index (χ1v) is 10.1. The monoisotopic (exact) mass is 397 g/mol. The van der Waals surface area contributed by atoms with Gasteiger partial charge in [-0.1, -0.05) is 18.2 Å². The maximum absolute atomic E-state index is 12.5. The van der Waals surface area contributed by atoms with Gasteiger partial charge in [0.15, 0.2) is 11.5 Å². The highest BCUT2D eigenvalue weighted by atomic mass is 16.5. The summed E-state index contributed by atoms with van der Waals surface area (Å²) in [6, 6.07) is 14.4. The summed E-state index contributed by atoms with van der Waals surface area (Å²) in [6.45, 7) is 6.78. The molecule has 0 aliphatic carbocycles. The van der Waals surface area contributed by atoms with E-state index in [0.29, 0.717) is 25.3 Å². The number of carbonyl (C=O) groups excluding carboxylic acids is 1. The number of benzene rings is 2. The Bertz CT molecular complexity index is 817. The molecular formula is C23H31N3O3. The van der Waals surface area contributed by atoms with E-state index in [1.165, 1.54) is 11.3 Å². The summed E-state index contributed by atoms with van der Waals surface area (Å²) in [5.74, 6) is 1.65. The van der Waals surface area contributed by atoms with E-state index in [0.717, 1.165) is 37.5 Å². The first-order chi connectivity index (χ1) is 14.1. The molecule has 6 nitrogen and oxygen atoms in total. The van der Waals surface area contributed by atoms with Gasteiger partial charge in [0.1, 0.15) is 0 Å². The SMILES string of the molecule is COc1ccc(CNCCC(=O)N2CCN(c3cccc(C)c3)CC2)cc1OC. The summed E-state index contributed by atoms with van der Waals surface area (Å²) in [7, 11) is 3.26. The molecule has 0 spiro atoms. The maximum atomic E-state index is 12.5. The fourth-order valence-corrected chi connectivity index (χ4v) is 3.62. The van der Waals surface area contributed by atoms with Crippen molar-refractivity contribution in [3.05, 3.63) is 53.6 Å². The van der Waals surface area contributed by atoms with Crippen molar-refractivity contribution in [2.24, 2.45) is 0 Å². The van der Waals surface area contributed by atoms with Crippen molar-refractivity contribution in [1.29, 1.82) is 0 Å². The van der Waals surface area contributed by atoms with Crippen LogP contribution in [0.1, 0.15) is 17.5 Å². The number of amides is 1. The number of piperazine rings is 1. The number of hydrogen-bond acceptors (Lipinski definition) is 5. The van der Waals surface area contributed by atoms with E-state index in [-0.39, 0.29) is 5.91 Å². The van der Waals surface area contributed by atoms with Crippen LogP contribution in [0.5, 0.6) is 11.5 Å². The van der Waals surface area contributed by atoms with Gasteiger partial charge in [0.25, 0.3) is 0 Å². The Hall–Kier alpha value is -2.73. The molecule has 1 saturated heterocycles. The number of nitrogens with one attached hydrogen (secondary N) is 1. The van der Waals surface area contributed by atoms with E-state index in [1.807, 2.05) is 23.1 Å². The van der Waals surface area contributed by atoms with Crippen molar-refractivity contribution in [2.45, 2.75) is 19.9 Å². The van der Waals surface area contributed by atoms with Gasteiger partial charge < -0.3 is 24.6 Å². The molecule has 156 valence electrons. The summed E-state index contributed by atoms with van der Waals surface area (Å²) in [6.07, 6.45) is 0.512. The molecule has 0 radical (unpaired) electrons. The molecule has 2 aromatic carbocycles. The van der Waals surface area contributed by atoms with Crippen LogP contribution < -0.4 is 19.7 Å². The molecule has 0 atom stereocenters. The van der Waals surface area contributed by atoms with Crippen LogP contribution in [0.25, 0.3) is 0 Å². The van der Waals surface area contributed by atoms with E-state index < -0.39 is 0 Å². The van der Waals surface area contributed by atoms with Crippen molar-refractivity contribution < 1.29 is 14.3 Å². The molecule has 1 N–H and O–H groups in total. The molecule has 3 rings (SSSR count). The second-order valence-electron chi connectivity index (χ2n) is 7.32. The van der Waals surface area contributed by atoms with Crippen LogP contribution in [0.15, 0.2) is 42.5 Å². The van der Waals surface area contributed by atoms with E-state index in [2.05, 4.69) is 41.4 Å². The molecule has 2 aromatic rings. The van der Waals surface area contributed by atoms with Gasteiger partial charge in [0.05, 0.1) is 14.2 Å². The smallest absolute Gasteiger partial charge is 0.223 e. The first kappa shape index (κ1) is 21.0. The van der Waals surface area contributed by atoms with Gasteiger partial charge in [0.2, 0.25) is 5.91 Å². The fraction of sp³-hybridized carbons (Fsp3) is 0.435. The molecule has 1 aliphatic heterocycles. The van der Waals surface area contributed by atoms with Crippen molar-refractivity contribution in [1.82, 2.24) is 10.2 Å². The average molecular weight is 398 g/mol. The lowest BCUT2D eigenvalue weighted by atomic mass is 10.2. The van der Waals surface area contributed by atoms with Gasteiger partial charge >= 0.3 is 0 Å². The Balaban J connectivity index is 1.39.